The second kappa shape index (κ2) is 4.21. The average Bonchev–Trinajstić information content (AvgIpc) is 2.21. The molecule has 0 radical (unpaired) electrons. The third kappa shape index (κ3) is 1.98. The lowest BCUT2D eigenvalue weighted by molar-refractivity contribution is 0.0136. The Hall–Kier alpha value is -1.06. The van der Waals surface area contributed by atoms with Gasteiger partial charge < -0.3 is 14.9 Å². The molecule has 15 heavy (non-hydrogen) atoms. The van der Waals surface area contributed by atoms with Gasteiger partial charge in [-0.25, -0.2) is 0 Å². The third-order valence-electron chi connectivity index (χ3n) is 2.82. The first-order valence-electron chi connectivity index (χ1n) is 5.32. The number of ether oxygens (including phenoxy) is 1. The van der Waals surface area contributed by atoms with Gasteiger partial charge in [-0.15, -0.1) is 0 Å². The third-order valence-corrected chi connectivity index (χ3v) is 2.82. The number of aliphatic hydroxyl groups is 2. The first kappa shape index (κ1) is 10.5. The fourth-order valence-electron chi connectivity index (χ4n) is 2.03. The summed E-state index contributed by atoms with van der Waals surface area (Å²) in [6, 6.07) is 5.81. The van der Waals surface area contributed by atoms with Crippen molar-refractivity contribution in [2.24, 2.45) is 0 Å². The van der Waals surface area contributed by atoms with Gasteiger partial charge in [-0.3, -0.25) is 0 Å². The average molecular weight is 208 g/mol. The van der Waals surface area contributed by atoms with Crippen LogP contribution in [0.3, 0.4) is 0 Å². The van der Waals surface area contributed by atoms with Crippen molar-refractivity contribution in [1.29, 1.82) is 0 Å². The molecule has 1 unspecified atom stereocenters. The van der Waals surface area contributed by atoms with Crippen molar-refractivity contribution in [2.45, 2.75) is 32.0 Å². The first-order valence-corrected chi connectivity index (χ1v) is 5.32. The molecule has 0 aromatic heterocycles. The Labute approximate surface area is 89.3 Å². The monoisotopic (exact) mass is 208 g/mol. The van der Waals surface area contributed by atoms with Gasteiger partial charge in [0.05, 0.1) is 18.8 Å². The van der Waals surface area contributed by atoms with Crippen molar-refractivity contribution in [2.75, 3.05) is 6.61 Å². The molecular weight excluding hydrogens is 192 g/mol. The van der Waals surface area contributed by atoms with Crippen LogP contribution in [-0.2, 0) is 12.8 Å². The van der Waals surface area contributed by atoms with E-state index in [2.05, 4.69) is 0 Å². The molecule has 1 aromatic rings. The van der Waals surface area contributed by atoms with E-state index in [1.54, 1.807) is 0 Å². The predicted molar refractivity (Wildman–Crippen MR) is 57.0 cm³/mol. The molecule has 0 spiro atoms. The molecule has 82 valence electrons. The zero-order valence-corrected chi connectivity index (χ0v) is 8.81. The summed E-state index contributed by atoms with van der Waals surface area (Å²) in [5.41, 5.74) is 2.12. The van der Waals surface area contributed by atoms with E-state index < -0.39 is 12.2 Å². The molecular formula is C12H16O3. The highest BCUT2D eigenvalue weighted by Gasteiger charge is 2.26. The quantitative estimate of drug-likeness (QED) is 0.759. The topological polar surface area (TPSA) is 49.7 Å². The highest BCUT2D eigenvalue weighted by Crippen LogP contribution is 2.29. The maximum absolute atomic E-state index is 9.61. The lowest BCUT2D eigenvalue weighted by Gasteiger charge is -2.27. The number of hydrogen-bond acceptors (Lipinski definition) is 3. The van der Waals surface area contributed by atoms with Crippen LogP contribution in [-0.4, -0.2) is 29.0 Å². The summed E-state index contributed by atoms with van der Waals surface area (Å²) in [7, 11) is 0. The molecule has 0 heterocycles. The molecule has 2 rings (SSSR count). The van der Waals surface area contributed by atoms with Crippen LogP contribution in [0.5, 0.6) is 5.75 Å². The van der Waals surface area contributed by atoms with Crippen molar-refractivity contribution in [1.82, 2.24) is 0 Å². The highest BCUT2D eigenvalue weighted by molar-refractivity contribution is 5.42. The molecule has 0 fully saturated rings. The van der Waals surface area contributed by atoms with Gasteiger partial charge in [0.25, 0.3) is 0 Å². The summed E-state index contributed by atoms with van der Waals surface area (Å²) in [5, 5.41) is 19.2. The maximum atomic E-state index is 9.61. The molecule has 3 nitrogen and oxygen atoms in total. The molecule has 1 aromatic carbocycles. The van der Waals surface area contributed by atoms with Crippen LogP contribution < -0.4 is 4.74 Å². The van der Waals surface area contributed by atoms with Crippen LogP contribution in [0, 0.1) is 0 Å². The van der Waals surface area contributed by atoms with E-state index in [0.717, 1.165) is 16.9 Å². The Morgan fingerprint density at radius 2 is 2.00 bits per heavy atom. The number of fused-ring (bicyclic) bond motifs is 1. The summed E-state index contributed by atoms with van der Waals surface area (Å²) in [6.45, 7) is 2.56. The minimum Gasteiger partial charge on any atom is -0.494 e. The molecule has 3 heteroatoms. The van der Waals surface area contributed by atoms with Gasteiger partial charge in [0.15, 0.2) is 0 Å². The zero-order valence-electron chi connectivity index (χ0n) is 8.81. The van der Waals surface area contributed by atoms with Crippen LogP contribution in [0.4, 0.5) is 0 Å². The Bertz CT molecular complexity index is 334. The lowest BCUT2D eigenvalue weighted by Crippen LogP contribution is -2.34. The van der Waals surface area contributed by atoms with Gasteiger partial charge in [0.1, 0.15) is 5.75 Å². The van der Waals surface area contributed by atoms with Crippen molar-refractivity contribution >= 4 is 0 Å². The van der Waals surface area contributed by atoms with Crippen LogP contribution in [0.15, 0.2) is 18.2 Å². The van der Waals surface area contributed by atoms with E-state index in [1.165, 1.54) is 0 Å². The minimum absolute atomic E-state index is 0.479. The van der Waals surface area contributed by atoms with Crippen molar-refractivity contribution in [3.63, 3.8) is 0 Å². The number of aliphatic hydroxyl groups excluding tert-OH is 2. The normalized spacial score (nSPS) is 24.7. The van der Waals surface area contributed by atoms with Gasteiger partial charge in [-0.2, -0.15) is 0 Å². The van der Waals surface area contributed by atoms with Gasteiger partial charge >= 0.3 is 0 Å². The highest BCUT2D eigenvalue weighted by atomic mass is 16.5. The molecule has 0 saturated heterocycles. The SMILES string of the molecule is CCOc1cccc2c1CC(O)[C@@H](O)C2. The first-order chi connectivity index (χ1) is 7.22. The predicted octanol–water partition coefficient (Wildman–Crippen LogP) is 0.906. The second-order valence-electron chi connectivity index (χ2n) is 3.87. The molecule has 0 amide bonds. The summed E-state index contributed by atoms with van der Waals surface area (Å²) in [5.74, 6) is 0.834. The van der Waals surface area contributed by atoms with E-state index in [9.17, 15) is 10.2 Å². The molecule has 1 aliphatic rings. The van der Waals surface area contributed by atoms with Crippen LogP contribution in [0.25, 0.3) is 0 Å². The standard InChI is InChI=1S/C12H16O3/c1-2-15-12-5-3-4-8-6-10(13)11(14)7-9(8)12/h3-5,10-11,13-14H,2,6-7H2,1H3/t10-,11?/m0/s1. The Morgan fingerprint density at radius 1 is 1.27 bits per heavy atom. The molecule has 1 aliphatic carbocycles. The van der Waals surface area contributed by atoms with Crippen molar-refractivity contribution < 1.29 is 14.9 Å². The van der Waals surface area contributed by atoms with E-state index >= 15 is 0 Å². The summed E-state index contributed by atoms with van der Waals surface area (Å²) < 4.78 is 5.50. The molecule has 2 atom stereocenters. The molecule has 0 saturated carbocycles. The van der Waals surface area contributed by atoms with Crippen LogP contribution in [0.2, 0.25) is 0 Å². The maximum Gasteiger partial charge on any atom is 0.122 e. The van der Waals surface area contributed by atoms with Crippen LogP contribution in [0.1, 0.15) is 18.1 Å². The Kier molecular flexibility index (Phi) is 2.93. The summed E-state index contributed by atoms with van der Waals surface area (Å²) in [4.78, 5) is 0. The number of benzene rings is 1. The Balaban J connectivity index is 2.34. The minimum atomic E-state index is -0.667. The fourth-order valence-corrected chi connectivity index (χ4v) is 2.03. The van der Waals surface area contributed by atoms with E-state index in [0.29, 0.717) is 19.4 Å². The van der Waals surface area contributed by atoms with Gasteiger partial charge in [0.2, 0.25) is 0 Å². The summed E-state index contributed by atoms with van der Waals surface area (Å²) in [6.07, 6.45) is -0.321. The van der Waals surface area contributed by atoms with Crippen molar-refractivity contribution in [3.8, 4) is 5.75 Å². The Morgan fingerprint density at radius 3 is 2.73 bits per heavy atom. The lowest BCUT2D eigenvalue weighted by atomic mass is 9.87. The van der Waals surface area contributed by atoms with Gasteiger partial charge in [-0.1, -0.05) is 12.1 Å². The van der Waals surface area contributed by atoms with Crippen LogP contribution >= 0.6 is 0 Å². The van der Waals surface area contributed by atoms with Crippen molar-refractivity contribution in [3.05, 3.63) is 29.3 Å². The number of hydrogen-bond donors (Lipinski definition) is 2. The second-order valence-corrected chi connectivity index (χ2v) is 3.87. The summed E-state index contributed by atoms with van der Waals surface area (Å²) >= 11 is 0. The molecule has 0 aliphatic heterocycles. The molecule has 2 N–H and O–H groups in total. The van der Waals surface area contributed by atoms with E-state index in [1.807, 2.05) is 25.1 Å². The fraction of sp³-hybridized carbons (Fsp3) is 0.500. The van der Waals surface area contributed by atoms with E-state index in [4.69, 9.17) is 4.74 Å². The van der Waals surface area contributed by atoms with Gasteiger partial charge in [-0.05, 0) is 18.6 Å². The largest absolute Gasteiger partial charge is 0.494 e. The van der Waals surface area contributed by atoms with Gasteiger partial charge in [0, 0.05) is 18.4 Å². The molecule has 0 bridgehead atoms. The van der Waals surface area contributed by atoms with E-state index in [-0.39, 0.29) is 0 Å². The zero-order chi connectivity index (χ0) is 10.8. The number of rotatable bonds is 2. The smallest absolute Gasteiger partial charge is 0.122 e.